The van der Waals surface area contributed by atoms with Crippen molar-refractivity contribution < 1.29 is 19.2 Å². The lowest BCUT2D eigenvalue weighted by Crippen LogP contribution is -2.05. The van der Waals surface area contributed by atoms with Crippen molar-refractivity contribution in [3.05, 3.63) is 71.2 Å². The molecule has 158 valence electrons. The quantitative estimate of drug-likeness (QED) is 0.406. The Morgan fingerprint density at radius 2 is 1.16 bits per heavy atom. The van der Waals surface area contributed by atoms with E-state index in [1.807, 2.05) is 6.07 Å². The minimum Gasteiger partial charge on any atom is -0.294 e. The zero-order chi connectivity index (χ0) is 23.2. The Kier molecular flexibility index (Phi) is 5.22. The number of aromatic nitrogens is 2. The van der Waals surface area contributed by atoms with Crippen LogP contribution in [0.4, 0.5) is 0 Å². The van der Waals surface area contributed by atoms with E-state index in [0.29, 0.717) is 55.1 Å². The molecule has 0 unspecified atom stereocenters. The monoisotopic (exact) mass is 424 g/mol. The molecule has 2 aromatic heterocycles. The number of nitrogens with zero attached hydrogens (tertiary/aromatic N) is 2. The third-order valence-corrected chi connectivity index (χ3v) is 5.61. The van der Waals surface area contributed by atoms with E-state index >= 15 is 0 Å². The Morgan fingerprint density at radius 1 is 0.594 bits per heavy atom. The molecule has 0 aliphatic carbocycles. The lowest BCUT2D eigenvalue weighted by molar-refractivity contribution is 0.100. The van der Waals surface area contributed by atoms with Gasteiger partial charge in [0.05, 0.1) is 5.69 Å². The summed E-state index contributed by atoms with van der Waals surface area (Å²) in [7, 11) is 0. The number of carbonyl (C=O) groups is 4. The van der Waals surface area contributed by atoms with Crippen LogP contribution in [-0.4, -0.2) is 33.1 Å². The molecular formula is C26H20N2O4. The van der Waals surface area contributed by atoms with E-state index in [4.69, 9.17) is 0 Å². The van der Waals surface area contributed by atoms with Gasteiger partial charge in [0.25, 0.3) is 0 Å². The largest absolute Gasteiger partial charge is 0.294 e. The molecule has 2 aromatic carbocycles. The fourth-order valence-corrected chi connectivity index (χ4v) is 4.14. The fourth-order valence-electron chi connectivity index (χ4n) is 4.14. The molecule has 0 radical (unpaired) electrons. The highest BCUT2D eigenvalue weighted by Gasteiger charge is 2.21. The number of Topliss-reactive ketones (excluding diaryl/α,β-unsaturated/α-hetero) is 4. The van der Waals surface area contributed by atoms with Crippen LogP contribution in [0.1, 0.15) is 69.1 Å². The number of benzene rings is 2. The lowest BCUT2D eigenvalue weighted by Gasteiger charge is -2.15. The molecule has 0 atom stereocenters. The first-order chi connectivity index (χ1) is 15.2. The topological polar surface area (TPSA) is 94.1 Å². The van der Waals surface area contributed by atoms with Crippen molar-refractivity contribution in [2.24, 2.45) is 0 Å². The smallest absolute Gasteiger partial charge is 0.162 e. The molecule has 4 rings (SSSR count). The first kappa shape index (κ1) is 21.2. The van der Waals surface area contributed by atoms with Crippen molar-refractivity contribution >= 4 is 44.7 Å². The van der Waals surface area contributed by atoms with Crippen LogP contribution in [0.25, 0.3) is 32.8 Å². The molecule has 4 aromatic rings. The summed E-state index contributed by atoms with van der Waals surface area (Å²) >= 11 is 0. The number of fused-ring (bicyclic) bond motifs is 2. The van der Waals surface area contributed by atoms with E-state index in [1.165, 1.54) is 40.1 Å². The average Bonchev–Trinajstić information content (AvgIpc) is 2.76. The lowest BCUT2D eigenvalue weighted by atomic mass is 9.90. The minimum atomic E-state index is -0.202. The molecule has 0 aliphatic rings. The molecule has 6 heteroatoms. The van der Waals surface area contributed by atoms with Crippen LogP contribution in [0.2, 0.25) is 0 Å². The van der Waals surface area contributed by atoms with Gasteiger partial charge >= 0.3 is 0 Å². The predicted octanol–water partition coefficient (Wildman–Crippen LogP) is 5.26. The molecule has 0 fully saturated rings. The van der Waals surface area contributed by atoms with Gasteiger partial charge in [-0.2, -0.15) is 0 Å². The number of hydrogen-bond acceptors (Lipinski definition) is 6. The average molecular weight is 424 g/mol. The van der Waals surface area contributed by atoms with Crippen LogP contribution in [0, 0.1) is 0 Å². The zero-order valence-electron chi connectivity index (χ0n) is 18.1. The van der Waals surface area contributed by atoms with Gasteiger partial charge in [0.1, 0.15) is 0 Å². The van der Waals surface area contributed by atoms with E-state index in [0.717, 1.165) is 0 Å². The summed E-state index contributed by atoms with van der Waals surface area (Å²) < 4.78 is 0. The number of hydrogen-bond donors (Lipinski definition) is 0. The second-order valence-electron chi connectivity index (χ2n) is 7.74. The molecule has 0 aliphatic heterocycles. The van der Waals surface area contributed by atoms with E-state index in [-0.39, 0.29) is 23.1 Å². The number of ketones is 4. The third-order valence-electron chi connectivity index (χ3n) is 5.61. The Bertz CT molecular complexity index is 1330. The molecule has 0 bridgehead atoms. The summed E-state index contributed by atoms with van der Waals surface area (Å²) in [5.74, 6) is -0.724. The van der Waals surface area contributed by atoms with Gasteiger partial charge in [-0.1, -0.05) is 30.3 Å². The highest BCUT2D eigenvalue weighted by molar-refractivity contribution is 6.21. The minimum absolute atomic E-state index is 0.160. The standard InChI is InChI=1S/C26H20N2O4/c1-13(29)17-6-5-7-20-24(17)22(16(4)32)12-28-26(20)19-9-8-18(14(2)30)25-21(15(3)31)10-27-11-23(19)25/h5-12H,1-4H3. The van der Waals surface area contributed by atoms with Crippen molar-refractivity contribution in [2.45, 2.75) is 27.7 Å². The molecule has 0 saturated carbocycles. The summed E-state index contributed by atoms with van der Waals surface area (Å²) in [4.78, 5) is 58.0. The van der Waals surface area contributed by atoms with Gasteiger partial charge in [-0.15, -0.1) is 0 Å². The molecule has 32 heavy (non-hydrogen) atoms. The predicted molar refractivity (Wildman–Crippen MR) is 122 cm³/mol. The van der Waals surface area contributed by atoms with Gasteiger partial charge in [0.15, 0.2) is 23.1 Å². The van der Waals surface area contributed by atoms with Crippen molar-refractivity contribution in [3.8, 4) is 11.3 Å². The maximum absolute atomic E-state index is 12.3. The van der Waals surface area contributed by atoms with Crippen LogP contribution in [0.15, 0.2) is 48.9 Å². The maximum Gasteiger partial charge on any atom is 0.162 e. The van der Waals surface area contributed by atoms with Crippen molar-refractivity contribution in [1.29, 1.82) is 0 Å². The van der Waals surface area contributed by atoms with Crippen LogP contribution in [-0.2, 0) is 0 Å². The molecular weight excluding hydrogens is 404 g/mol. The van der Waals surface area contributed by atoms with Gasteiger partial charge < -0.3 is 0 Å². The summed E-state index contributed by atoms with van der Waals surface area (Å²) in [6, 6.07) is 8.68. The van der Waals surface area contributed by atoms with E-state index in [9.17, 15) is 19.2 Å². The van der Waals surface area contributed by atoms with Crippen LogP contribution < -0.4 is 0 Å². The van der Waals surface area contributed by atoms with E-state index in [2.05, 4.69) is 9.97 Å². The number of rotatable bonds is 5. The summed E-state index contributed by atoms with van der Waals surface area (Å²) in [6.45, 7) is 5.78. The van der Waals surface area contributed by atoms with Gasteiger partial charge in [-0.25, -0.2) is 0 Å². The summed E-state index contributed by atoms with van der Waals surface area (Å²) in [5.41, 5.74) is 2.76. The van der Waals surface area contributed by atoms with Gasteiger partial charge in [0.2, 0.25) is 0 Å². The highest BCUT2D eigenvalue weighted by atomic mass is 16.1. The van der Waals surface area contributed by atoms with E-state index in [1.54, 1.807) is 30.5 Å². The molecule has 6 nitrogen and oxygen atoms in total. The molecule has 2 heterocycles. The Balaban J connectivity index is 2.19. The van der Waals surface area contributed by atoms with Gasteiger partial charge in [-0.05, 0) is 27.7 Å². The highest BCUT2D eigenvalue weighted by Crippen LogP contribution is 2.37. The first-order valence-electron chi connectivity index (χ1n) is 10.1. The second kappa shape index (κ2) is 7.89. The first-order valence-corrected chi connectivity index (χ1v) is 10.1. The Hall–Kier alpha value is -4.06. The zero-order valence-corrected chi connectivity index (χ0v) is 18.1. The van der Waals surface area contributed by atoms with Crippen LogP contribution in [0.3, 0.4) is 0 Å². The summed E-state index contributed by atoms with van der Waals surface area (Å²) in [5, 5.41) is 2.29. The molecule has 0 saturated heterocycles. The molecule has 0 N–H and O–H groups in total. The SMILES string of the molecule is CC(=O)c1ccc(-c2ncc(C(C)=O)c3c(C(C)=O)cccc23)c2cncc(C(C)=O)c12. The third kappa shape index (κ3) is 3.30. The normalized spacial score (nSPS) is 11.0. The van der Waals surface area contributed by atoms with E-state index < -0.39 is 0 Å². The van der Waals surface area contributed by atoms with Crippen LogP contribution >= 0.6 is 0 Å². The van der Waals surface area contributed by atoms with Crippen molar-refractivity contribution in [3.63, 3.8) is 0 Å². The number of carbonyl (C=O) groups excluding carboxylic acids is 4. The van der Waals surface area contributed by atoms with Crippen molar-refractivity contribution in [1.82, 2.24) is 9.97 Å². The fraction of sp³-hybridized carbons (Fsp3) is 0.154. The number of pyridine rings is 2. The molecule has 0 amide bonds. The Labute approximate surface area is 184 Å². The maximum atomic E-state index is 12.3. The van der Waals surface area contributed by atoms with Crippen molar-refractivity contribution in [2.75, 3.05) is 0 Å². The van der Waals surface area contributed by atoms with Crippen LogP contribution in [0.5, 0.6) is 0 Å². The van der Waals surface area contributed by atoms with Gasteiger partial charge in [-0.3, -0.25) is 29.1 Å². The molecule has 0 spiro atoms. The second-order valence-corrected chi connectivity index (χ2v) is 7.74. The Morgan fingerprint density at radius 3 is 1.78 bits per heavy atom. The van der Waals surface area contributed by atoms with Gasteiger partial charge in [0, 0.05) is 68.0 Å². The summed E-state index contributed by atoms with van der Waals surface area (Å²) in [6.07, 6.45) is 4.53.